The highest BCUT2D eigenvalue weighted by Crippen LogP contribution is 2.13. The number of imidazole rings is 1. The maximum absolute atomic E-state index is 12.2. The second-order valence-corrected chi connectivity index (χ2v) is 9.72. The van der Waals surface area contributed by atoms with Gasteiger partial charge in [0.25, 0.3) is 0 Å². The lowest BCUT2D eigenvalue weighted by Gasteiger charge is -2.16. The van der Waals surface area contributed by atoms with Crippen LogP contribution in [0.5, 0.6) is 0 Å². The van der Waals surface area contributed by atoms with E-state index >= 15 is 0 Å². The van der Waals surface area contributed by atoms with Gasteiger partial charge in [-0.2, -0.15) is 0 Å². The van der Waals surface area contributed by atoms with Crippen LogP contribution in [-0.2, 0) is 25.6 Å². The maximum Gasteiger partial charge on any atom is 0.326 e. The number of hydrogen-bond acceptors (Lipinski definition) is 5. The topological polar surface area (TPSA) is 153 Å². The van der Waals surface area contributed by atoms with Crippen LogP contribution in [0.25, 0.3) is 0 Å². The molecule has 10 nitrogen and oxygen atoms in total. The molecule has 1 heterocycles. The van der Waals surface area contributed by atoms with Crippen molar-refractivity contribution in [3.05, 3.63) is 18.2 Å². The van der Waals surface area contributed by atoms with Crippen molar-refractivity contribution in [3.63, 3.8) is 0 Å². The van der Waals surface area contributed by atoms with Gasteiger partial charge >= 0.3 is 5.97 Å². The van der Waals surface area contributed by atoms with Gasteiger partial charge in [-0.1, -0.05) is 84.0 Å². The predicted octanol–water partition coefficient (Wildman–Crippen LogP) is 3.62. The van der Waals surface area contributed by atoms with Gasteiger partial charge in [0, 0.05) is 19.0 Å². The van der Waals surface area contributed by atoms with Crippen LogP contribution in [0.15, 0.2) is 12.5 Å². The zero-order chi connectivity index (χ0) is 27.3. The maximum atomic E-state index is 12.2. The van der Waals surface area contributed by atoms with Crippen molar-refractivity contribution in [3.8, 4) is 0 Å². The number of carbonyl (C=O) groups excluding carboxylic acids is 3. The number of carbonyl (C=O) groups is 4. The molecule has 210 valence electrons. The fourth-order valence-corrected chi connectivity index (χ4v) is 4.06. The quantitative estimate of drug-likeness (QED) is 0.147. The van der Waals surface area contributed by atoms with E-state index in [1.165, 1.54) is 70.5 Å². The Morgan fingerprint density at radius 1 is 0.865 bits per heavy atom. The summed E-state index contributed by atoms with van der Waals surface area (Å²) in [5.74, 6) is -2.54. The van der Waals surface area contributed by atoms with Gasteiger partial charge in [-0.25, -0.2) is 9.78 Å². The number of nitrogens with zero attached hydrogens (tertiary/aromatic N) is 1. The Balaban J connectivity index is 2.08. The Kier molecular flexibility index (Phi) is 17.5. The molecule has 0 radical (unpaired) electrons. The summed E-state index contributed by atoms with van der Waals surface area (Å²) in [6.45, 7) is 3.40. The second kappa shape index (κ2) is 20.2. The summed E-state index contributed by atoms with van der Waals surface area (Å²) in [5, 5.41) is 16.7. The number of aromatic nitrogens is 2. The lowest BCUT2D eigenvalue weighted by molar-refractivity contribution is -0.141. The average Bonchev–Trinajstić information content (AvgIpc) is 3.38. The highest BCUT2D eigenvalue weighted by Gasteiger charge is 2.22. The monoisotopic (exact) mass is 521 g/mol. The van der Waals surface area contributed by atoms with E-state index in [-0.39, 0.29) is 18.9 Å². The Bertz CT molecular complexity index is 784. The van der Waals surface area contributed by atoms with Gasteiger partial charge in [0.05, 0.1) is 18.6 Å². The summed E-state index contributed by atoms with van der Waals surface area (Å²) in [5.41, 5.74) is 0.497. The Morgan fingerprint density at radius 2 is 1.43 bits per heavy atom. The van der Waals surface area contributed by atoms with E-state index in [1.807, 2.05) is 0 Å². The van der Waals surface area contributed by atoms with Crippen molar-refractivity contribution in [2.24, 2.45) is 0 Å². The van der Waals surface area contributed by atoms with Gasteiger partial charge in [0.15, 0.2) is 0 Å². The third-order valence-corrected chi connectivity index (χ3v) is 6.30. The molecule has 5 N–H and O–H groups in total. The fraction of sp³-hybridized carbons (Fsp3) is 0.741. The molecule has 1 rings (SSSR count). The number of nitrogens with one attached hydrogen (secondary N) is 4. The van der Waals surface area contributed by atoms with Crippen LogP contribution in [0.2, 0.25) is 0 Å². The van der Waals surface area contributed by atoms with Crippen LogP contribution < -0.4 is 16.0 Å². The van der Waals surface area contributed by atoms with Crippen molar-refractivity contribution >= 4 is 23.7 Å². The van der Waals surface area contributed by atoms with Gasteiger partial charge in [0.1, 0.15) is 12.1 Å². The molecule has 3 amide bonds. The largest absolute Gasteiger partial charge is 0.480 e. The molecule has 0 fully saturated rings. The zero-order valence-electron chi connectivity index (χ0n) is 22.7. The average molecular weight is 522 g/mol. The molecule has 1 aromatic rings. The molecule has 0 aliphatic carbocycles. The standard InChI is InChI=1S/C27H47N5O5/c1-3-4-5-6-7-8-9-10-11-12-13-14-15-16-24(33)31-21(2)26(35)29-19-25(34)32-23(27(36)37)17-22-18-28-20-30-22/h18,20-21,23H,3-17,19H2,1-2H3,(H,28,30)(H,29,35)(H,31,33)(H,32,34)(H,36,37)/t21-,23-/m0/s1. The molecule has 0 aliphatic rings. The van der Waals surface area contributed by atoms with Crippen LogP contribution in [-0.4, -0.2) is 57.4 Å². The summed E-state index contributed by atoms with van der Waals surface area (Å²) in [7, 11) is 0. The first-order valence-corrected chi connectivity index (χ1v) is 13.9. The van der Waals surface area contributed by atoms with Gasteiger partial charge < -0.3 is 26.0 Å². The Labute approximate surface area is 221 Å². The molecular formula is C27H47N5O5. The second-order valence-electron chi connectivity index (χ2n) is 9.72. The van der Waals surface area contributed by atoms with Crippen LogP contribution in [0, 0.1) is 0 Å². The number of rotatable bonds is 22. The molecule has 0 aliphatic heterocycles. The van der Waals surface area contributed by atoms with Crippen molar-refractivity contribution in [2.75, 3.05) is 6.54 Å². The van der Waals surface area contributed by atoms with Gasteiger partial charge in [-0.05, 0) is 13.3 Å². The van der Waals surface area contributed by atoms with Crippen LogP contribution >= 0.6 is 0 Å². The van der Waals surface area contributed by atoms with E-state index in [0.29, 0.717) is 12.1 Å². The first-order chi connectivity index (χ1) is 17.8. The highest BCUT2D eigenvalue weighted by atomic mass is 16.4. The fourth-order valence-electron chi connectivity index (χ4n) is 4.06. The summed E-state index contributed by atoms with van der Waals surface area (Å²) < 4.78 is 0. The van der Waals surface area contributed by atoms with E-state index < -0.39 is 29.9 Å². The first kappa shape index (κ1) is 32.1. The molecule has 10 heteroatoms. The number of aromatic amines is 1. The third-order valence-electron chi connectivity index (χ3n) is 6.30. The number of carboxylic acid groups (broad SMARTS) is 1. The number of hydrogen-bond donors (Lipinski definition) is 5. The summed E-state index contributed by atoms with van der Waals surface area (Å²) >= 11 is 0. The van der Waals surface area contributed by atoms with E-state index in [9.17, 15) is 24.3 Å². The number of unbranched alkanes of at least 4 members (excludes halogenated alkanes) is 12. The molecule has 0 unspecified atom stereocenters. The number of aliphatic carboxylic acids is 1. The third kappa shape index (κ3) is 16.5. The van der Waals surface area contributed by atoms with E-state index in [4.69, 9.17) is 0 Å². The Hall–Kier alpha value is -2.91. The normalized spacial score (nSPS) is 12.5. The molecule has 0 saturated heterocycles. The van der Waals surface area contributed by atoms with Crippen LogP contribution in [0.1, 0.15) is 109 Å². The smallest absolute Gasteiger partial charge is 0.326 e. The zero-order valence-corrected chi connectivity index (χ0v) is 22.7. The number of carboxylic acids is 1. The van der Waals surface area contributed by atoms with Crippen molar-refractivity contribution < 1.29 is 24.3 Å². The van der Waals surface area contributed by atoms with Crippen LogP contribution in [0.4, 0.5) is 0 Å². The SMILES string of the molecule is CCCCCCCCCCCCCCCC(=O)N[C@@H](C)C(=O)NCC(=O)N[C@@H](Cc1c[nH]cn1)C(=O)O. The van der Waals surface area contributed by atoms with Crippen molar-refractivity contribution in [1.29, 1.82) is 0 Å². The lowest BCUT2D eigenvalue weighted by Crippen LogP contribution is -2.50. The molecule has 0 bridgehead atoms. The van der Waals surface area contributed by atoms with E-state index in [1.54, 1.807) is 13.1 Å². The van der Waals surface area contributed by atoms with E-state index in [2.05, 4.69) is 32.8 Å². The molecular weight excluding hydrogens is 474 g/mol. The minimum atomic E-state index is -1.20. The number of H-pyrrole nitrogens is 1. The highest BCUT2D eigenvalue weighted by molar-refractivity contribution is 5.91. The molecule has 0 aromatic carbocycles. The summed E-state index contributed by atoms with van der Waals surface area (Å²) in [4.78, 5) is 54.5. The molecule has 0 saturated carbocycles. The molecule has 1 aromatic heterocycles. The van der Waals surface area contributed by atoms with Gasteiger partial charge in [-0.3, -0.25) is 14.4 Å². The Morgan fingerprint density at radius 3 is 1.95 bits per heavy atom. The molecule has 0 spiro atoms. The van der Waals surface area contributed by atoms with Crippen molar-refractivity contribution in [2.45, 2.75) is 122 Å². The van der Waals surface area contributed by atoms with E-state index in [0.717, 1.165) is 19.3 Å². The predicted molar refractivity (Wildman–Crippen MR) is 143 cm³/mol. The van der Waals surface area contributed by atoms with Crippen molar-refractivity contribution in [1.82, 2.24) is 25.9 Å². The first-order valence-electron chi connectivity index (χ1n) is 13.9. The summed E-state index contributed by atoms with van der Waals surface area (Å²) in [6, 6.07) is -1.95. The van der Waals surface area contributed by atoms with Crippen LogP contribution in [0.3, 0.4) is 0 Å². The minimum Gasteiger partial charge on any atom is -0.480 e. The lowest BCUT2D eigenvalue weighted by atomic mass is 10.0. The number of amides is 3. The summed E-state index contributed by atoms with van der Waals surface area (Å²) in [6.07, 6.45) is 19.4. The minimum absolute atomic E-state index is 0.0180. The molecule has 2 atom stereocenters. The molecule has 37 heavy (non-hydrogen) atoms. The van der Waals surface area contributed by atoms with Gasteiger partial charge in [0.2, 0.25) is 17.7 Å². The van der Waals surface area contributed by atoms with Gasteiger partial charge in [-0.15, -0.1) is 0 Å².